The van der Waals surface area contributed by atoms with Gasteiger partial charge in [-0.25, -0.2) is 0 Å². The topological polar surface area (TPSA) is 38.9 Å². The zero-order valence-electron chi connectivity index (χ0n) is 19.8. The van der Waals surface area contributed by atoms with Crippen LogP contribution < -0.4 is 0 Å². The summed E-state index contributed by atoms with van der Waals surface area (Å²) in [5.41, 5.74) is 9.13. The van der Waals surface area contributed by atoms with Crippen molar-refractivity contribution in [2.24, 2.45) is 0 Å². The van der Waals surface area contributed by atoms with Crippen LogP contribution in [0.1, 0.15) is 16.7 Å². The Bertz CT molecular complexity index is 1550. The molecular weight excluding hydrogens is 609 g/mol. The summed E-state index contributed by atoms with van der Waals surface area (Å²) in [7, 11) is 0. The number of nitrogens with zero attached hydrogens (tertiary/aromatic N) is 2. The normalized spacial score (nSPS) is 10.5. The van der Waals surface area contributed by atoms with Gasteiger partial charge in [0.25, 0.3) is 0 Å². The number of rotatable bonds is 2. The van der Waals surface area contributed by atoms with E-state index in [2.05, 4.69) is 60.2 Å². The Morgan fingerprint density at radius 3 is 2.00 bits per heavy atom. The molecule has 0 amide bonds. The molecule has 3 nitrogen and oxygen atoms in total. The summed E-state index contributed by atoms with van der Waals surface area (Å²) >= 11 is 0. The Labute approximate surface area is 219 Å². The summed E-state index contributed by atoms with van der Waals surface area (Å²) in [6, 6.07) is 32.9. The van der Waals surface area contributed by atoms with Crippen molar-refractivity contribution in [2.45, 2.75) is 20.8 Å². The van der Waals surface area contributed by atoms with Gasteiger partial charge in [0.05, 0.1) is 5.58 Å². The third kappa shape index (κ3) is 5.40. The number of aromatic nitrogens is 2. The Balaban J connectivity index is 0.000000171. The Morgan fingerprint density at radius 2 is 1.31 bits per heavy atom. The quantitative estimate of drug-likeness (QED) is 0.182. The van der Waals surface area contributed by atoms with Gasteiger partial charge in [-0.15, -0.1) is 52.6 Å². The molecule has 0 saturated carbocycles. The number of hydrogen-bond donors (Lipinski definition) is 0. The number of hydrogen-bond acceptors (Lipinski definition) is 3. The SMILES string of the molecule is Cc1[c-]c(-c2ccccn2)c2oc3ccccc3c2c1.Cc1[c-]c(-c2ccccn2)cc(C)c1.[Ir]. The fraction of sp³-hybridized carbons (Fsp3) is 0.0968. The number of benzene rings is 3. The predicted octanol–water partition coefficient (Wildman–Crippen LogP) is 7.92. The molecule has 35 heavy (non-hydrogen) atoms. The second-order valence-corrected chi connectivity index (χ2v) is 8.35. The van der Waals surface area contributed by atoms with Crippen molar-refractivity contribution in [2.75, 3.05) is 0 Å². The number of aryl methyl sites for hydroxylation is 3. The molecule has 3 aromatic carbocycles. The molecule has 4 heteroatoms. The summed E-state index contributed by atoms with van der Waals surface area (Å²) < 4.78 is 6.02. The second kappa shape index (κ2) is 10.8. The summed E-state index contributed by atoms with van der Waals surface area (Å²) in [6.45, 7) is 6.19. The van der Waals surface area contributed by atoms with Crippen LogP contribution in [-0.2, 0) is 20.1 Å². The van der Waals surface area contributed by atoms with Crippen molar-refractivity contribution >= 4 is 21.9 Å². The van der Waals surface area contributed by atoms with Gasteiger partial charge in [0, 0.05) is 37.9 Å². The molecule has 0 atom stereocenters. The van der Waals surface area contributed by atoms with E-state index >= 15 is 0 Å². The fourth-order valence-corrected chi connectivity index (χ4v) is 4.15. The van der Waals surface area contributed by atoms with Gasteiger partial charge in [0.2, 0.25) is 0 Å². The maximum atomic E-state index is 6.02. The Morgan fingerprint density at radius 1 is 0.657 bits per heavy atom. The van der Waals surface area contributed by atoms with Crippen molar-refractivity contribution in [3.05, 3.63) is 120 Å². The number of pyridine rings is 2. The first-order chi connectivity index (χ1) is 16.6. The maximum absolute atomic E-state index is 6.02. The van der Waals surface area contributed by atoms with E-state index in [-0.39, 0.29) is 20.1 Å². The Kier molecular flexibility index (Phi) is 7.55. The largest absolute Gasteiger partial charge is 0.501 e. The first-order valence-corrected chi connectivity index (χ1v) is 11.3. The van der Waals surface area contributed by atoms with E-state index in [0.29, 0.717) is 0 Å². The predicted molar refractivity (Wildman–Crippen MR) is 139 cm³/mol. The summed E-state index contributed by atoms with van der Waals surface area (Å²) in [5, 5.41) is 2.26. The van der Waals surface area contributed by atoms with E-state index in [4.69, 9.17) is 4.42 Å². The van der Waals surface area contributed by atoms with Crippen LogP contribution in [0.4, 0.5) is 0 Å². The monoisotopic (exact) mass is 633 g/mol. The first-order valence-electron chi connectivity index (χ1n) is 11.3. The van der Waals surface area contributed by atoms with Crippen molar-refractivity contribution in [3.63, 3.8) is 0 Å². The molecule has 0 fully saturated rings. The molecule has 0 aliphatic heterocycles. The van der Waals surface area contributed by atoms with Crippen LogP contribution in [0.5, 0.6) is 0 Å². The third-order valence-electron chi connectivity index (χ3n) is 5.55. The molecule has 175 valence electrons. The molecule has 3 heterocycles. The number of fused-ring (bicyclic) bond motifs is 3. The van der Waals surface area contributed by atoms with Crippen molar-refractivity contribution in [3.8, 4) is 22.5 Å². The number of para-hydroxylation sites is 1. The molecular formula is C31H24IrN2O-2. The van der Waals surface area contributed by atoms with E-state index in [1.165, 1.54) is 5.56 Å². The zero-order chi connectivity index (χ0) is 23.5. The van der Waals surface area contributed by atoms with Gasteiger partial charge in [0.15, 0.2) is 0 Å². The van der Waals surface area contributed by atoms with E-state index < -0.39 is 0 Å². The van der Waals surface area contributed by atoms with Gasteiger partial charge in [-0.1, -0.05) is 74.2 Å². The average molecular weight is 633 g/mol. The van der Waals surface area contributed by atoms with E-state index in [0.717, 1.165) is 55.6 Å². The number of furan rings is 1. The van der Waals surface area contributed by atoms with Crippen LogP contribution in [0.15, 0.2) is 95.7 Å². The van der Waals surface area contributed by atoms with Crippen LogP contribution in [0.3, 0.4) is 0 Å². The van der Waals surface area contributed by atoms with E-state index in [9.17, 15) is 0 Å². The molecule has 0 saturated heterocycles. The molecule has 0 unspecified atom stereocenters. The van der Waals surface area contributed by atoms with Crippen LogP contribution in [0.2, 0.25) is 0 Å². The molecule has 6 aromatic rings. The first kappa shape index (κ1) is 24.5. The maximum Gasteiger partial charge on any atom is 0.120 e. The second-order valence-electron chi connectivity index (χ2n) is 8.35. The minimum atomic E-state index is 0. The fourth-order valence-electron chi connectivity index (χ4n) is 4.15. The molecule has 0 aliphatic carbocycles. The molecule has 0 spiro atoms. The van der Waals surface area contributed by atoms with Gasteiger partial charge in [-0.2, -0.15) is 0 Å². The average Bonchev–Trinajstić information content (AvgIpc) is 3.23. The van der Waals surface area contributed by atoms with E-state index in [1.54, 1.807) is 12.4 Å². The van der Waals surface area contributed by atoms with Gasteiger partial charge in [-0.05, 0) is 29.6 Å². The van der Waals surface area contributed by atoms with Crippen LogP contribution in [-0.4, -0.2) is 9.97 Å². The molecule has 1 radical (unpaired) electrons. The minimum Gasteiger partial charge on any atom is -0.501 e. The zero-order valence-corrected chi connectivity index (χ0v) is 22.2. The van der Waals surface area contributed by atoms with Crippen molar-refractivity contribution in [1.82, 2.24) is 9.97 Å². The summed E-state index contributed by atoms with van der Waals surface area (Å²) in [4.78, 5) is 8.72. The van der Waals surface area contributed by atoms with Crippen molar-refractivity contribution < 1.29 is 24.5 Å². The Hall–Kier alpha value is -3.59. The molecule has 0 bridgehead atoms. The summed E-state index contributed by atoms with van der Waals surface area (Å²) in [6.07, 6.45) is 3.60. The van der Waals surface area contributed by atoms with Gasteiger partial charge < -0.3 is 14.4 Å². The molecule has 0 N–H and O–H groups in total. The third-order valence-corrected chi connectivity index (χ3v) is 5.55. The minimum absolute atomic E-state index is 0. The van der Waals surface area contributed by atoms with Gasteiger partial charge in [-0.3, -0.25) is 0 Å². The molecule has 0 aliphatic rings. The van der Waals surface area contributed by atoms with Crippen LogP contribution in [0.25, 0.3) is 44.5 Å². The molecule has 6 rings (SSSR count). The van der Waals surface area contributed by atoms with Crippen LogP contribution >= 0.6 is 0 Å². The van der Waals surface area contributed by atoms with Crippen molar-refractivity contribution in [1.29, 1.82) is 0 Å². The molecule has 3 aromatic heterocycles. The smallest absolute Gasteiger partial charge is 0.120 e. The van der Waals surface area contributed by atoms with Gasteiger partial charge in [0.1, 0.15) is 5.58 Å². The van der Waals surface area contributed by atoms with E-state index in [1.807, 2.05) is 61.5 Å². The van der Waals surface area contributed by atoms with Crippen LogP contribution in [0, 0.1) is 32.9 Å². The summed E-state index contributed by atoms with van der Waals surface area (Å²) in [5.74, 6) is 0. The standard InChI is InChI=1S/C18H12NO.C13H12N.Ir/c1-12-10-14-13-6-2-3-8-17(13)20-18(14)15(11-12)16-7-4-5-9-19-16;1-10-7-11(2)9-12(8-10)13-5-3-4-6-14-13;/h2-10H,1H3;3-8H,1-2H3;/q2*-1;. The van der Waals surface area contributed by atoms with Gasteiger partial charge >= 0.3 is 0 Å².